The Kier molecular flexibility index (Phi) is 5.96. The Hall–Kier alpha value is -2.51. The van der Waals surface area contributed by atoms with Gasteiger partial charge in [-0.05, 0) is 73.2 Å². The molecule has 0 radical (unpaired) electrons. The molecule has 3 aliphatic heterocycles. The third kappa shape index (κ3) is 4.24. The number of nitrogens with zero attached hydrogens (tertiary/aromatic N) is 2. The lowest BCUT2D eigenvalue weighted by Gasteiger charge is -2.33. The Morgan fingerprint density at radius 3 is 2.65 bits per heavy atom. The monoisotopic (exact) mass is 497 g/mol. The maximum Gasteiger partial charge on any atom is 0.235 e. The maximum atomic E-state index is 12.9. The molecule has 6 nitrogen and oxygen atoms in total. The maximum absolute atomic E-state index is 12.9. The van der Waals surface area contributed by atoms with E-state index >= 15 is 0 Å². The lowest BCUT2D eigenvalue weighted by Crippen LogP contribution is -2.43. The van der Waals surface area contributed by atoms with Crippen LogP contribution in [0, 0.1) is 17.8 Å². The van der Waals surface area contributed by atoms with E-state index in [9.17, 15) is 4.79 Å². The predicted molar refractivity (Wildman–Crippen MR) is 148 cm³/mol. The summed E-state index contributed by atoms with van der Waals surface area (Å²) in [5.41, 5.74) is 11.9. The number of piperazine rings is 1. The Labute approximate surface area is 220 Å². The molecule has 2 aromatic rings. The summed E-state index contributed by atoms with van der Waals surface area (Å²) < 4.78 is 0. The second kappa shape index (κ2) is 9.35. The third-order valence-corrected chi connectivity index (χ3v) is 9.96. The zero-order valence-electron chi connectivity index (χ0n) is 21.8. The van der Waals surface area contributed by atoms with E-state index in [1.165, 1.54) is 29.5 Å². The van der Waals surface area contributed by atoms with Crippen LogP contribution >= 0.6 is 0 Å². The van der Waals surface area contributed by atoms with Gasteiger partial charge in [-0.3, -0.25) is 20.5 Å². The molecule has 6 heteroatoms. The number of rotatable bonds is 5. The van der Waals surface area contributed by atoms with E-state index in [1.807, 2.05) is 6.07 Å². The number of amides is 1. The first kappa shape index (κ1) is 23.6. The van der Waals surface area contributed by atoms with Gasteiger partial charge in [0.1, 0.15) is 0 Å². The van der Waals surface area contributed by atoms with Gasteiger partial charge < -0.3 is 10.2 Å². The van der Waals surface area contributed by atoms with Crippen LogP contribution in [0.25, 0.3) is 6.08 Å². The van der Waals surface area contributed by atoms with E-state index in [0.29, 0.717) is 29.8 Å². The Morgan fingerprint density at radius 1 is 1.00 bits per heavy atom. The number of hydrogen-bond acceptors (Lipinski definition) is 5. The van der Waals surface area contributed by atoms with Gasteiger partial charge in [-0.25, -0.2) is 0 Å². The van der Waals surface area contributed by atoms with Gasteiger partial charge in [0.05, 0.1) is 5.41 Å². The molecule has 0 bridgehead atoms. The molecule has 1 amide bonds. The zero-order valence-corrected chi connectivity index (χ0v) is 21.8. The molecular formula is C31H39N5O. The quantitative estimate of drug-likeness (QED) is 0.589. The van der Waals surface area contributed by atoms with Crippen LogP contribution in [-0.2, 0) is 16.8 Å². The largest absolute Gasteiger partial charge is 0.325 e. The minimum absolute atomic E-state index is 0.230. The molecule has 2 saturated carbocycles. The van der Waals surface area contributed by atoms with Crippen molar-refractivity contribution in [2.45, 2.75) is 49.7 Å². The molecule has 4 fully saturated rings. The summed E-state index contributed by atoms with van der Waals surface area (Å²) in [6.45, 7) is 5.69. The van der Waals surface area contributed by atoms with Gasteiger partial charge in [-0.15, -0.1) is 0 Å². The molecule has 1 spiro atoms. The van der Waals surface area contributed by atoms with Crippen molar-refractivity contribution in [1.29, 1.82) is 0 Å². The zero-order chi connectivity index (χ0) is 25.0. The molecule has 4 unspecified atom stereocenters. The second-order valence-corrected chi connectivity index (χ2v) is 12.1. The summed E-state index contributed by atoms with van der Waals surface area (Å²) in [4.78, 5) is 17.9. The molecule has 6 atom stereocenters. The highest BCUT2D eigenvalue weighted by Crippen LogP contribution is 2.64. The molecule has 2 aliphatic carbocycles. The topological polar surface area (TPSA) is 59.6 Å². The van der Waals surface area contributed by atoms with Crippen LogP contribution in [0.1, 0.15) is 42.4 Å². The molecule has 0 aromatic heterocycles. The highest BCUT2D eigenvalue weighted by Gasteiger charge is 2.67. The molecule has 194 valence electrons. The summed E-state index contributed by atoms with van der Waals surface area (Å²) in [7, 11) is 2.21. The molecule has 2 aromatic carbocycles. The number of likely N-dealkylation sites (N-methyl/N-ethyl adjacent to an activating group) is 1. The van der Waals surface area contributed by atoms with E-state index in [2.05, 4.69) is 87.6 Å². The van der Waals surface area contributed by atoms with Crippen LogP contribution in [0.4, 0.5) is 5.69 Å². The van der Waals surface area contributed by atoms with Crippen molar-refractivity contribution in [3.63, 3.8) is 0 Å². The van der Waals surface area contributed by atoms with Crippen molar-refractivity contribution >= 4 is 17.7 Å². The van der Waals surface area contributed by atoms with Crippen LogP contribution in [-0.4, -0.2) is 61.0 Å². The Balaban J connectivity index is 0.946. The minimum Gasteiger partial charge on any atom is -0.325 e. The number of hydrogen-bond donors (Lipinski definition) is 3. The van der Waals surface area contributed by atoms with Gasteiger partial charge in [0.15, 0.2) is 0 Å². The number of carbonyl (C=O) groups excluding carboxylic acids is 1. The first-order valence-corrected chi connectivity index (χ1v) is 14.2. The van der Waals surface area contributed by atoms with Crippen LogP contribution < -0.4 is 16.2 Å². The Morgan fingerprint density at radius 2 is 1.81 bits per heavy atom. The smallest absolute Gasteiger partial charge is 0.235 e. The highest BCUT2D eigenvalue weighted by atomic mass is 16.2. The molecule has 3 N–H and O–H groups in total. The predicted octanol–water partition coefficient (Wildman–Crippen LogP) is 3.62. The fourth-order valence-corrected chi connectivity index (χ4v) is 7.67. The van der Waals surface area contributed by atoms with Crippen molar-refractivity contribution in [2.75, 3.05) is 38.5 Å². The van der Waals surface area contributed by atoms with Crippen LogP contribution in [0.3, 0.4) is 0 Å². The normalized spacial score (nSPS) is 35.6. The van der Waals surface area contributed by atoms with Crippen molar-refractivity contribution in [3.05, 3.63) is 71.3 Å². The molecule has 3 heterocycles. The number of nitrogens with one attached hydrogen (secondary N) is 3. The molecule has 5 aliphatic rings. The minimum atomic E-state index is -0.254. The lowest BCUT2D eigenvalue weighted by molar-refractivity contribution is -0.118. The van der Waals surface area contributed by atoms with Crippen molar-refractivity contribution in [2.24, 2.45) is 17.8 Å². The third-order valence-electron chi connectivity index (χ3n) is 9.96. The fraction of sp³-hybridized carbons (Fsp3) is 0.516. The summed E-state index contributed by atoms with van der Waals surface area (Å²) in [5, 5.41) is 3.15. The SMILES string of the molecule is CN1CCN(Cc2ccc(/C=C/C3NNC4CC([C@@H]5C[C@@]56C(=O)Nc5ccccc56)CCC34)cc2)CC1. The van der Waals surface area contributed by atoms with Crippen molar-refractivity contribution in [1.82, 2.24) is 20.7 Å². The number of carbonyl (C=O) groups is 1. The second-order valence-electron chi connectivity index (χ2n) is 12.1. The fourth-order valence-electron chi connectivity index (χ4n) is 7.67. The van der Waals surface area contributed by atoms with E-state index in [0.717, 1.165) is 51.3 Å². The van der Waals surface area contributed by atoms with Gasteiger partial charge in [0, 0.05) is 50.5 Å². The average molecular weight is 498 g/mol. The van der Waals surface area contributed by atoms with Gasteiger partial charge >= 0.3 is 0 Å². The lowest BCUT2D eigenvalue weighted by atomic mass is 9.73. The summed E-state index contributed by atoms with van der Waals surface area (Å²) in [5.74, 6) is 1.94. The summed E-state index contributed by atoms with van der Waals surface area (Å²) in [6.07, 6.45) is 9.24. The first-order valence-electron chi connectivity index (χ1n) is 14.2. The molecular weight excluding hydrogens is 458 g/mol. The number of para-hydroxylation sites is 1. The Bertz CT molecular complexity index is 1190. The van der Waals surface area contributed by atoms with E-state index < -0.39 is 0 Å². The van der Waals surface area contributed by atoms with Crippen molar-refractivity contribution < 1.29 is 4.79 Å². The average Bonchev–Trinajstić information content (AvgIpc) is 3.46. The number of anilines is 1. The van der Waals surface area contributed by atoms with Gasteiger partial charge in [-0.1, -0.05) is 54.6 Å². The number of benzene rings is 2. The van der Waals surface area contributed by atoms with E-state index in [-0.39, 0.29) is 11.3 Å². The number of fused-ring (bicyclic) bond motifs is 3. The van der Waals surface area contributed by atoms with E-state index in [1.54, 1.807) is 0 Å². The van der Waals surface area contributed by atoms with Crippen LogP contribution in [0.2, 0.25) is 0 Å². The summed E-state index contributed by atoms with van der Waals surface area (Å²) >= 11 is 0. The van der Waals surface area contributed by atoms with Crippen LogP contribution in [0.15, 0.2) is 54.6 Å². The molecule has 37 heavy (non-hydrogen) atoms. The highest BCUT2D eigenvalue weighted by molar-refractivity contribution is 6.08. The van der Waals surface area contributed by atoms with Crippen molar-refractivity contribution in [3.8, 4) is 0 Å². The van der Waals surface area contributed by atoms with Gasteiger partial charge in [0.25, 0.3) is 0 Å². The first-order chi connectivity index (χ1) is 18.1. The van der Waals surface area contributed by atoms with Gasteiger partial charge in [-0.2, -0.15) is 0 Å². The standard InChI is InChI=1S/C31H39N5O/c1-35-14-16-36(17-15-35)20-22-8-6-21(7-9-22)10-13-27-24-12-11-23(18-29(24)34-33-27)26-19-31(26)25-4-2-3-5-28(25)32-30(31)37/h2-10,13,23-24,26-27,29,33-34H,11-12,14-20H2,1H3,(H,32,37)/b13-10+/t23?,24?,26-,27?,29?,31-/m0/s1. The van der Waals surface area contributed by atoms with Gasteiger partial charge in [0.2, 0.25) is 5.91 Å². The van der Waals surface area contributed by atoms with E-state index in [4.69, 9.17) is 0 Å². The molecule has 7 rings (SSSR count). The number of hydrazine groups is 1. The summed E-state index contributed by atoms with van der Waals surface area (Å²) in [6, 6.07) is 18.2. The van der Waals surface area contributed by atoms with Crippen LogP contribution in [0.5, 0.6) is 0 Å². The molecule has 2 saturated heterocycles.